The molecule has 9 nitrogen and oxygen atoms in total. The third kappa shape index (κ3) is 4.46. The first-order valence-corrected chi connectivity index (χ1v) is 11.9. The number of aliphatic hydroxyl groups excluding tert-OH is 1. The molecule has 186 valence electrons. The van der Waals surface area contributed by atoms with Crippen molar-refractivity contribution in [1.29, 1.82) is 0 Å². The SMILES string of the molecule is CC(O)C#Cc1cccc2cc(C(C)NC(=O)c3c(N)nn4c3NCC=C4)n(-c3ccccc3)c(=O)c12. The van der Waals surface area contributed by atoms with Gasteiger partial charge in [0.15, 0.2) is 5.82 Å². The second kappa shape index (κ2) is 9.68. The molecule has 5 rings (SSSR count). The summed E-state index contributed by atoms with van der Waals surface area (Å²) in [5.41, 5.74) is 7.81. The first kappa shape index (κ1) is 23.9. The van der Waals surface area contributed by atoms with Crippen LogP contribution in [-0.4, -0.2) is 38.0 Å². The van der Waals surface area contributed by atoms with Crippen LogP contribution in [0, 0.1) is 11.8 Å². The highest BCUT2D eigenvalue weighted by atomic mass is 16.3. The van der Waals surface area contributed by atoms with Crippen molar-refractivity contribution in [1.82, 2.24) is 19.7 Å². The maximum atomic E-state index is 13.9. The molecule has 0 fully saturated rings. The minimum absolute atomic E-state index is 0.110. The van der Waals surface area contributed by atoms with Crippen LogP contribution in [0.3, 0.4) is 0 Å². The molecular weight excluding hydrogens is 468 g/mol. The zero-order valence-corrected chi connectivity index (χ0v) is 20.4. The molecule has 0 saturated carbocycles. The molecule has 2 atom stereocenters. The number of hydrogen-bond acceptors (Lipinski definition) is 6. The Kier molecular flexibility index (Phi) is 6.26. The summed E-state index contributed by atoms with van der Waals surface area (Å²) >= 11 is 0. The number of carbonyl (C=O) groups excluding carboxylic acids is 1. The molecule has 3 heterocycles. The Morgan fingerprint density at radius 2 is 1.97 bits per heavy atom. The largest absolute Gasteiger partial charge is 0.381 e. The lowest BCUT2D eigenvalue weighted by molar-refractivity contribution is 0.0940. The highest BCUT2D eigenvalue weighted by Crippen LogP contribution is 2.27. The van der Waals surface area contributed by atoms with Crippen LogP contribution in [0.4, 0.5) is 11.6 Å². The van der Waals surface area contributed by atoms with Crippen LogP contribution in [0.25, 0.3) is 22.7 Å². The van der Waals surface area contributed by atoms with Crippen LogP contribution >= 0.6 is 0 Å². The summed E-state index contributed by atoms with van der Waals surface area (Å²) in [6, 6.07) is 15.9. The Hall–Kier alpha value is -4.81. The summed E-state index contributed by atoms with van der Waals surface area (Å²) in [6.07, 6.45) is 2.79. The number of aromatic nitrogens is 3. The fourth-order valence-electron chi connectivity index (χ4n) is 4.43. The zero-order valence-electron chi connectivity index (χ0n) is 20.4. The van der Waals surface area contributed by atoms with E-state index < -0.39 is 18.1 Å². The highest BCUT2D eigenvalue weighted by Gasteiger charge is 2.26. The summed E-state index contributed by atoms with van der Waals surface area (Å²) in [6.45, 7) is 3.94. The number of pyridine rings is 1. The third-order valence-electron chi connectivity index (χ3n) is 6.10. The first-order valence-electron chi connectivity index (χ1n) is 11.9. The molecule has 0 aliphatic carbocycles. The maximum Gasteiger partial charge on any atom is 0.264 e. The predicted molar refractivity (Wildman–Crippen MR) is 144 cm³/mol. The molecule has 9 heteroatoms. The molecule has 2 unspecified atom stereocenters. The number of para-hydroxylation sites is 1. The Bertz CT molecular complexity index is 1650. The number of benzene rings is 2. The molecule has 2 aromatic heterocycles. The van der Waals surface area contributed by atoms with Crippen LogP contribution in [0.1, 0.15) is 41.5 Å². The molecule has 0 bridgehead atoms. The summed E-state index contributed by atoms with van der Waals surface area (Å²) in [5.74, 6) is 5.87. The molecular formula is C28H26N6O3. The molecule has 2 aromatic carbocycles. The van der Waals surface area contributed by atoms with E-state index in [1.54, 1.807) is 23.8 Å². The number of anilines is 2. The van der Waals surface area contributed by atoms with Gasteiger partial charge in [-0.3, -0.25) is 14.2 Å². The molecule has 4 aromatic rings. The van der Waals surface area contributed by atoms with Gasteiger partial charge in [0, 0.05) is 29.7 Å². The minimum atomic E-state index is -0.826. The van der Waals surface area contributed by atoms with Crippen LogP contribution in [0.15, 0.2) is 65.5 Å². The Balaban J connectivity index is 1.63. The average molecular weight is 495 g/mol. The van der Waals surface area contributed by atoms with Crippen molar-refractivity contribution in [3.05, 3.63) is 87.8 Å². The van der Waals surface area contributed by atoms with Crippen molar-refractivity contribution in [2.24, 2.45) is 0 Å². The molecule has 37 heavy (non-hydrogen) atoms. The van der Waals surface area contributed by atoms with Crippen molar-refractivity contribution in [3.63, 3.8) is 0 Å². The molecule has 0 saturated heterocycles. The van der Waals surface area contributed by atoms with E-state index in [1.165, 1.54) is 4.68 Å². The van der Waals surface area contributed by atoms with Gasteiger partial charge in [-0.05, 0) is 49.6 Å². The third-order valence-corrected chi connectivity index (χ3v) is 6.10. The van der Waals surface area contributed by atoms with Gasteiger partial charge in [0.2, 0.25) is 0 Å². The molecule has 0 radical (unpaired) electrons. The normalized spacial score (nSPS) is 13.7. The molecule has 5 N–H and O–H groups in total. The van der Waals surface area contributed by atoms with Crippen LogP contribution in [0.5, 0.6) is 0 Å². The summed E-state index contributed by atoms with van der Waals surface area (Å²) in [5, 5.41) is 21.1. The quantitative estimate of drug-likeness (QED) is 0.323. The first-order chi connectivity index (χ1) is 17.8. The number of rotatable bonds is 4. The average Bonchev–Trinajstić information content (AvgIpc) is 3.23. The second-order valence-corrected chi connectivity index (χ2v) is 8.77. The number of nitrogens with two attached hydrogens (primary N) is 1. The smallest absolute Gasteiger partial charge is 0.264 e. The van der Waals surface area contributed by atoms with Crippen molar-refractivity contribution >= 4 is 34.5 Å². The van der Waals surface area contributed by atoms with Crippen molar-refractivity contribution in [2.45, 2.75) is 26.0 Å². The fourth-order valence-corrected chi connectivity index (χ4v) is 4.43. The van der Waals surface area contributed by atoms with E-state index in [2.05, 4.69) is 27.6 Å². The lowest BCUT2D eigenvalue weighted by atomic mass is 10.0. The van der Waals surface area contributed by atoms with E-state index in [1.807, 2.05) is 61.5 Å². The van der Waals surface area contributed by atoms with Crippen molar-refractivity contribution < 1.29 is 9.90 Å². The maximum absolute atomic E-state index is 13.9. The Morgan fingerprint density at radius 1 is 1.19 bits per heavy atom. The van der Waals surface area contributed by atoms with Gasteiger partial charge in [-0.15, -0.1) is 5.10 Å². The number of nitrogens with zero attached hydrogens (tertiary/aromatic N) is 3. The van der Waals surface area contributed by atoms with Crippen molar-refractivity contribution in [2.75, 3.05) is 17.6 Å². The summed E-state index contributed by atoms with van der Waals surface area (Å²) < 4.78 is 3.11. The van der Waals surface area contributed by atoms with Gasteiger partial charge in [-0.2, -0.15) is 0 Å². The van der Waals surface area contributed by atoms with E-state index in [4.69, 9.17) is 5.73 Å². The summed E-state index contributed by atoms with van der Waals surface area (Å²) in [4.78, 5) is 27.3. The zero-order chi connectivity index (χ0) is 26.1. The lowest BCUT2D eigenvalue weighted by Gasteiger charge is -2.21. The number of hydrogen-bond donors (Lipinski definition) is 4. The van der Waals surface area contributed by atoms with E-state index in [0.717, 1.165) is 0 Å². The Morgan fingerprint density at radius 3 is 2.73 bits per heavy atom. The topological polar surface area (TPSA) is 127 Å². The number of aliphatic hydroxyl groups is 1. The van der Waals surface area contributed by atoms with Crippen LogP contribution in [0.2, 0.25) is 0 Å². The highest BCUT2D eigenvalue weighted by molar-refractivity contribution is 6.04. The van der Waals surface area contributed by atoms with Crippen LogP contribution in [-0.2, 0) is 0 Å². The standard InChI is InChI=1S/C28H26N6O3/c1-17(35)12-13-19-8-6-9-20-16-22(34(28(37)23(19)20)21-10-4-3-5-11-21)18(2)31-27(36)24-25(29)32-33-15-7-14-30-26(24)33/h3-11,15-18,30,35H,14H2,1-2H3,(H2,29,32)(H,31,36). The molecule has 1 amide bonds. The lowest BCUT2D eigenvalue weighted by Crippen LogP contribution is -2.33. The monoisotopic (exact) mass is 494 g/mol. The van der Waals surface area contributed by atoms with E-state index >= 15 is 0 Å². The molecule has 0 spiro atoms. The van der Waals surface area contributed by atoms with Gasteiger partial charge in [0.25, 0.3) is 11.5 Å². The fraction of sp³-hybridized carbons (Fsp3) is 0.179. The van der Waals surface area contributed by atoms with Gasteiger partial charge in [0.05, 0.1) is 11.4 Å². The molecule has 1 aliphatic rings. The van der Waals surface area contributed by atoms with Gasteiger partial charge in [0.1, 0.15) is 17.5 Å². The predicted octanol–water partition coefficient (Wildman–Crippen LogP) is 2.89. The second-order valence-electron chi connectivity index (χ2n) is 8.77. The number of nitrogens with one attached hydrogen (secondary N) is 2. The summed E-state index contributed by atoms with van der Waals surface area (Å²) in [7, 11) is 0. The number of carbonyl (C=O) groups is 1. The van der Waals surface area contributed by atoms with Gasteiger partial charge in [-0.25, -0.2) is 4.68 Å². The van der Waals surface area contributed by atoms with Gasteiger partial charge >= 0.3 is 0 Å². The number of fused-ring (bicyclic) bond motifs is 2. The minimum Gasteiger partial charge on any atom is -0.381 e. The van der Waals surface area contributed by atoms with Gasteiger partial charge in [-0.1, -0.05) is 42.2 Å². The van der Waals surface area contributed by atoms with Crippen LogP contribution < -0.4 is 21.9 Å². The number of amides is 1. The van der Waals surface area contributed by atoms with Crippen molar-refractivity contribution in [3.8, 4) is 17.5 Å². The Labute approximate surface area is 213 Å². The number of nitrogen functional groups attached to an aromatic ring is 1. The van der Waals surface area contributed by atoms with E-state index in [9.17, 15) is 14.7 Å². The molecule has 1 aliphatic heterocycles. The van der Waals surface area contributed by atoms with E-state index in [0.29, 0.717) is 40.1 Å². The van der Waals surface area contributed by atoms with E-state index in [-0.39, 0.29) is 16.9 Å². The van der Waals surface area contributed by atoms with Gasteiger partial charge < -0.3 is 21.5 Å².